The van der Waals surface area contributed by atoms with Gasteiger partial charge in [-0.3, -0.25) is 9.59 Å². The van der Waals surface area contributed by atoms with Crippen molar-refractivity contribution in [3.05, 3.63) is 29.8 Å². The van der Waals surface area contributed by atoms with Crippen LogP contribution < -0.4 is 10.6 Å². The molecule has 7 nitrogen and oxygen atoms in total. The van der Waals surface area contributed by atoms with Gasteiger partial charge in [0.2, 0.25) is 0 Å². The van der Waals surface area contributed by atoms with E-state index in [1.165, 1.54) is 0 Å². The van der Waals surface area contributed by atoms with Crippen LogP contribution in [0.25, 0.3) is 0 Å². The Morgan fingerprint density at radius 1 is 1.12 bits per heavy atom. The molecule has 2 aliphatic rings. The Morgan fingerprint density at radius 3 is 2.35 bits per heavy atom. The minimum Gasteiger partial charge on any atom is -0.366 e. The number of likely N-dealkylation sites (N-methyl/N-ethyl adjacent to an activating group) is 1. The van der Waals surface area contributed by atoms with Gasteiger partial charge in [-0.2, -0.15) is 0 Å². The highest BCUT2D eigenvalue weighted by molar-refractivity contribution is 5.97. The number of morpholine rings is 1. The third-order valence-corrected chi connectivity index (χ3v) is 4.41. The number of benzene rings is 1. The topological polar surface area (TPSA) is 73.9 Å². The second-order valence-electron chi connectivity index (χ2n) is 6.23. The summed E-state index contributed by atoms with van der Waals surface area (Å²) < 4.78 is 5.42. The monoisotopic (exact) mass is 404 g/mol. The van der Waals surface area contributed by atoms with Crippen LogP contribution in [0.5, 0.6) is 0 Å². The number of ether oxygens (including phenoxy) is 1. The van der Waals surface area contributed by atoms with Gasteiger partial charge in [-0.05, 0) is 31.3 Å². The van der Waals surface area contributed by atoms with Gasteiger partial charge in [-0.25, -0.2) is 0 Å². The van der Waals surface area contributed by atoms with E-state index in [4.69, 9.17) is 4.74 Å². The molecule has 2 heterocycles. The molecule has 1 aromatic rings. The van der Waals surface area contributed by atoms with Crippen LogP contribution in [0.15, 0.2) is 24.3 Å². The van der Waals surface area contributed by atoms with Gasteiger partial charge in [0.05, 0.1) is 6.61 Å². The molecule has 0 aliphatic carbocycles. The molecule has 146 valence electrons. The van der Waals surface area contributed by atoms with Crippen molar-refractivity contribution in [2.45, 2.75) is 6.10 Å². The first-order valence-electron chi connectivity index (χ1n) is 8.34. The zero-order valence-electron chi connectivity index (χ0n) is 14.8. The van der Waals surface area contributed by atoms with Gasteiger partial charge in [0, 0.05) is 50.5 Å². The van der Waals surface area contributed by atoms with Crippen LogP contribution in [0.2, 0.25) is 0 Å². The normalized spacial score (nSPS) is 20.5. The van der Waals surface area contributed by atoms with Gasteiger partial charge in [0.1, 0.15) is 6.10 Å². The van der Waals surface area contributed by atoms with Crippen LogP contribution in [0.1, 0.15) is 10.4 Å². The summed E-state index contributed by atoms with van der Waals surface area (Å²) >= 11 is 0. The third kappa shape index (κ3) is 5.82. The lowest BCUT2D eigenvalue weighted by atomic mass is 10.1. The Balaban J connectivity index is 0.00000169. The molecule has 26 heavy (non-hydrogen) atoms. The number of nitrogens with zero attached hydrogens (tertiary/aromatic N) is 2. The number of nitrogens with one attached hydrogen (secondary N) is 2. The number of amides is 2. The number of carbonyl (C=O) groups excluding carboxylic acids is 2. The molecule has 0 saturated carbocycles. The van der Waals surface area contributed by atoms with Gasteiger partial charge in [0.15, 0.2) is 0 Å². The largest absolute Gasteiger partial charge is 0.366 e. The fourth-order valence-electron chi connectivity index (χ4n) is 2.84. The van der Waals surface area contributed by atoms with Crippen molar-refractivity contribution in [1.82, 2.24) is 15.1 Å². The van der Waals surface area contributed by atoms with E-state index in [0.29, 0.717) is 24.4 Å². The van der Waals surface area contributed by atoms with E-state index >= 15 is 0 Å². The summed E-state index contributed by atoms with van der Waals surface area (Å²) in [6.45, 7) is 5.12. The average molecular weight is 405 g/mol. The molecule has 2 aliphatic heterocycles. The lowest BCUT2D eigenvalue weighted by Crippen LogP contribution is -2.47. The molecule has 0 aromatic heterocycles. The Kier molecular flexibility index (Phi) is 9.32. The minimum atomic E-state index is -0.467. The molecule has 2 N–H and O–H groups in total. The molecule has 1 aromatic carbocycles. The molecule has 0 spiro atoms. The smallest absolute Gasteiger partial charge is 0.254 e. The lowest BCUT2D eigenvalue weighted by Gasteiger charge is -2.32. The van der Waals surface area contributed by atoms with Crippen LogP contribution in [-0.4, -0.2) is 80.6 Å². The number of carbonyl (C=O) groups is 2. The zero-order valence-corrected chi connectivity index (χ0v) is 16.4. The minimum absolute atomic E-state index is 0. The third-order valence-electron chi connectivity index (χ3n) is 4.41. The lowest BCUT2D eigenvalue weighted by molar-refractivity contribution is -0.128. The van der Waals surface area contributed by atoms with Crippen molar-refractivity contribution in [2.75, 3.05) is 58.2 Å². The second kappa shape index (κ2) is 10.7. The quantitative estimate of drug-likeness (QED) is 0.780. The van der Waals surface area contributed by atoms with Crippen LogP contribution in [-0.2, 0) is 9.53 Å². The summed E-state index contributed by atoms with van der Waals surface area (Å²) in [4.78, 5) is 28.7. The number of hydrogen-bond donors (Lipinski definition) is 2. The van der Waals surface area contributed by atoms with Crippen molar-refractivity contribution in [2.24, 2.45) is 0 Å². The first-order valence-corrected chi connectivity index (χ1v) is 8.34. The standard InChI is InChI=1S/C17H24N4O3.2ClH/c1-20-7-9-21(10-8-20)17(23)13-2-4-14(5-3-13)19-16(22)15-12-18-6-11-24-15;;/h2-5,15,18H,6-12H2,1H3,(H,19,22);2*1H. The van der Waals surface area contributed by atoms with E-state index in [0.717, 1.165) is 32.7 Å². The van der Waals surface area contributed by atoms with Gasteiger partial charge >= 0.3 is 0 Å². The Labute approximate surface area is 166 Å². The molecule has 0 radical (unpaired) electrons. The maximum Gasteiger partial charge on any atom is 0.254 e. The first kappa shape index (κ1) is 22.7. The van der Waals surface area contributed by atoms with Gasteiger partial charge in [0.25, 0.3) is 11.8 Å². The van der Waals surface area contributed by atoms with Crippen molar-refractivity contribution < 1.29 is 14.3 Å². The molecular weight excluding hydrogens is 379 g/mol. The van der Waals surface area contributed by atoms with E-state index in [1.54, 1.807) is 24.3 Å². The number of hydrogen-bond acceptors (Lipinski definition) is 5. The van der Waals surface area contributed by atoms with Gasteiger partial charge in [-0.15, -0.1) is 24.8 Å². The van der Waals surface area contributed by atoms with Crippen molar-refractivity contribution in [3.63, 3.8) is 0 Å². The van der Waals surface area contributed by atoms with Gasteiger partial charge < -0.3 is 25.2 Å². The number of rotatable bonds is 3. The average Bonchev–Trinajstić information content (AvgIpc) is 2.63. The molecule has 9 heteroatoms. The van der Waals surface area contributed by atoms with Crippen molar-refractivity contribution in [3.8, 4) is 0 Å². The number of piperazine rings is 1. The maximum atomic E-state index is 12.5. The Morgan fingerprint density at radius 2 is 1.77 bits per heavy atom. The molecule has 1 unspecified atom stereocenters. The summed E-state index contributed by atoms with van der Waals surface area (Å²) in [5, 5.41) is 5.95. The molecule has 3 rings (SSSR count). The van der Waals surface area contributed by atoms with Crippen LogP contribution in [0, 0.1) is 0 Å². The predicted molar refractivity (Wildman–Crippen MR) is 106 cm³/mol. The SMILES string of the molecule is CN1CCN(C(=O)c2ccc(NC(=O)C3CNCCO3)cc2)CC1.Cl.Cl. The van der Waals surface area contributed by atoms with Crippen LogP contribution in [0.3, 0.4) is 0 Å². The van der Waals surface area contributed by atoms with E-state index in [9.17, 15) is 9.59 Å². The van der Waals surface area contributed by atoms with Crippen LogP contribution >= 0.6 is 24.8 Å². The van der Waals surface area contributed by atoms with Crippen molar-refractivity contribution in [1.29, 1.82) is 0 Å². The highest BCUT2D eigenvalue weighted by Gasteiger charge is 2.22. The summed E-state index contributed by atoms with van der Waals surface area (Å²) in [7, 11) is 2.06. The van der Waals surface area contributed by atoms with Crippen molar-refractivity contribution >= 4 is 42.3 Å². The summed E-state index contributed by atoms with van der Waals surface area (Å²) in [5.74, 6) is -0.124. The van der Waals surface area contributed by atoms with Crippen LogP contribution in [0.4, 0.5) is 5.69 Å². The molecule has 1 atom stereocenters. The second-order valence-corrected chi connectivity index (χ2v) is 6.23. The molecular formula is C17H26Cl2N4O3. The number of anilines is 1. The first-order chi connectivity index (χ1) is 11.6. The number of halogens is 2. The molecule has 2 fully saturated rings. The maximum absolute atomic E-state index is 12.5. The summed E-state index contributed by atoms with van der Waals surface area (Å²) in [5.41, 5.74) is 1.32. The summed E-state index contributed by atoms with van der Waals surface area (Å²) in [6, 6.07) is 7.04. The van der Waals surface area contributed by atoms with E-state index in [-0.39, 0.29) is 36.6 Å². The molecule has 2 amide bonds. The zero-order chi connectivity index (χ0) is 16.9. The highest BCUT2D eigenvalue weighted by Crippen LogP contribution is 2.14. The predicted octanol–water partition coefficient (Wildman–Crippen LogP) is 0.845. The molecule has 2 saturated heterocycles. The fourth-order valence-corrected chi connectivity index (χ4v) is 2.84. The summed E-state index contributed by atoms with van der Waals surface area (Å²) in [6.07, 6.45) is -0.467. The van der Waals surface area contributed by atoms with E-state index in [2.05, 4.69) is 22.6 Å². The highest BCUT2D eigenvalue weighted by atomic mass is 35.5. The Bertz CT molecular complexity index is 586. The van der Waals surface area contributed by atoms with E-state index in [1.807, 2.05) is 4.90 Å². The fraction of sp³-hybridized carbons (Fsp3) is 0.529. The Hall–Kier alpha value is -1.38. The van der Waals surface area contributed by atoms with Gasteiger partial charge in [-0.1, -0.05) is 0 Å². The van der Waals surface area contributed by atoms with E-state index < -0.39 is 6.10 Å². The molecule has 0 bridgehead atoms.